The van der Waals surface area contributed by atoms with E-state index < -0.39 is 0 Å². The topological polar surface area (TPSA) is 67.3 Å². The third-order valence-corrected chi connectivity index (χ3v) is 4.92. The molecule has 3 rings (SSSR count). The number of nitrogens with one attached hydrogen (secondary N) is 1. The summed E-state index contributed by atoms with van der Waals surface area (Å²) >= 11 is 0. The van der Waals surface area contributed by atoms with Gasteiger partial charge in [-0.2, -0.15) is 0 Å². The Bertz CT molecular complexity index is 805. The molecular weight excluding hydrogens is 294 g/mol. The van der Waals surface area contributed by atoms with Crippen molar-refractivity contribution >= 4 is 10.9 Å². The fraction of sp³-hybridized carbons (Fsp3) is 0.529. The summed E-state index contributed by atoms with van der Waals surface area (Å²) in [7, 11) is 0. The van der Waals surface area contributed by atoms with Crippen LogP contribution in [0.25, 0.3) is 10.9 Å². The molecule has 0 radical (unpaired) electrons. The van der Waals surface area contributed by atoms with Crippen molar-refractivity contribution in [2.45, 2.75) is 32.4 Å². The number of benzene rings is 1. The van der Waals surface area contributed by atoms with Gasteiger partial charge in [0.05, 0.1) is 24.1 Å². The van der Waals surface area contributed by atoms with Gasteiger partial charge in [0.2, 0.25) is 0 Å². The van der Waals surface area contributed by atoms with Gasteiger partial charge in [0.25, 0.3) is 5.56 Å². The molecule has 1 N–H and O–H groups in total. The summed E-state index contributed by atoms with van der Waals surface area (Å²) in [6, 6.07) is 7.13. The van der Waals surface area contributed by atoms with Gasteiger partial charge in [-0.3, -0.25) is 14.3 Å². The monoisotopic (exact) mass is 317 g/mol. The summed E-state index contributed by atoms with van der Waals surface area (Å²) in [4.78, 5) is 30.3. The number of fused-ring (bicyclic) bond motifs is 1. The molecule has 0 saturated carbocycles. The van der Waals surface area contributed by atoms with Gasteiger partial charge < -0.3 is 9.72 Å². The van der Waals surface area contributed by atoms with E-state index in [1.165, 1.54) is 4.57 Å². The average molecular weight is 317 g/mol. The minimum Gasteiger partial charge on any atom is -0.379 e. The fourth-order valence-corrected chi connectivity index (χ4v) is 3.22. The molecular formula is C17H23N3O3. The zero-order valence-corrected chi connectivity index (χ0v) is 13.7. The van der Waals surface area contributed by atoms with Crippen molar-refractivity contribution in [1.29, 1.82) is 0 Å². The van der Waals surface area contributed by atoms with Crippen molar-refractivity contribution in [1.82, 2.24) is 14.5 Å². The van der Waals surface area contributed by atoms with E-state index in [4.69, 9.17) is 4.74 Å². The number of para-hydroxylation sites is 1. The van der Waals surface area contributed by atoms with Gasteiger partial charge in [-0.15, -0.1) is 0 Å². The van der Waals surface area contributed by atoms with Crippen LogP contribution in [0.15, 0.2) is 33.9 Å². The first kappa shape index (κ1) is 16.0. The Morgan fingerprint density at radius 2 is 1.91 bits per heavy atom. The van der Waals surface area contributed by atoms with E-state index in [9.17, 15) is 9.59 Å². The molecule has 2 heterocycles. The van der Waals surface area contributed by atoms with Crippen molar-refractivity contribution in [3.63, 3.8) is 0 Å². The molecule has 1 saturated heterocycles. The number of ether oxygens (including phenoxy) is 1. The van der Waals surface area contributed by atoms with Gasteiger partial charge in [-0.1, -0.05) is 19.1 Å². The maximum atomic E-state index is 12.7. The summed E-state index contributed by atoms with van der Waals surface area (Å²) in [5.41, 5.74) is -0.231. The molecule has 1 aromatic heterocycles. The molecule has 1 aliphatic heterocycles. The Morgan fingerprint density at radius 1 is 1.22 bits per heavy atom. The molecule has 23 heavy (non-hydrogen) atoms. The first-order valence-electron chi connectivity index (χ1n) is 8.10. The highest BCUT2D eigenvalue weighted by Gasteiger charge is 2.32. The van der Waals surface area contributed by atoms with Crippen LogP contribution < -0.4 is 11.2 Å². The Labute approximate surface area is 134 Å². The Balaban J connectivity index is 2.02. The van der Waals surface area contributed by atoms with Crippen molar-refractivity contribution in [2.24, 2.45) is 0 Å². The molecule has 1 fully saturated rings. The molecule has 0 amide bonds. The lowest BCUT2D eigenvalue weighted by Gasteiger charge is -2.43. The highest BCUT2D eigenvalue weighted by molar-refractivity contribution is 5.76. The van der Waals surface area contributed by atoms with Crippen LogP contribution in [-0.4, -0.2) is 46.3 Å². The second kappa shape index (κ2) is 6.29. The lowest BCUT2D eigenvalue weighted by Crippen LogP contribution is -2.56. The Morgan fingerprint density at radius 3 is 2.61 bits per heavy atom. The van der Waals surface area contributed by atoms with E-state index in [0.29, 0.717) is 30.7 Å². The van der Waals surface area contributed by atoms with Crippen LogP contribution in [0.3, 0.4) is 0 Å². The number of hydrogen-bond acceptors (Lipinski definition) is 4. The zero-order valence-electron chi connectivity index (χ0n) is 13.7. The summed E-state index contributed by atoms with van der Waals surface area (Å²) in [5, 5.41) is 0.549. The number of hydrogen-bond donors (Lipinski definition) is 1. The van der Waals surface area contributed by atoms with Gasteiger partial charge >= 0.3 is 5.69 Å². The van der Waals surface area contributed by atoms with Crippen LogP contribution in [-0.2, 0) is 11.3 Å². The van der Waals surface area contributed by atoms with Gasteiger partial charge in [-0.05, 0) is 25.5 Å². The number of rotatable bonds is 4. The van der Waals surface area contributed by atoms with Gasteiger partial charge in [0, 0.05) is 25.2 Å². The average Bonchev–Trinajstić information content (AvgIpc) is 2.59. The summed E-state index contributed by atoms with van der Waals surface area (Å²) in [5.74, 6) is 0. The van der Waals surface area contributed by atoms with E-state index in [0.717, 1.165) is 19.5 Å². The maximum Gasteiger partial charge on any atom is 0.328 e. The lowest BCUT2D eigenvalue weighted by molar-refractivity contribution is -0.0247. The number of aromatic amines is 1. The molecule has 0 spiro atoms. The second-order valence-electron chi connectivity index (χ2n) is 6.32. The molecule has 124 valence electrons. The minimum absolute atomic E-state index is 0.225. The Kier molecular flexibility index (Phi) is 4.37. The van der Waals surface area contributed by atoms with Crippen molar-refractivity contribution in [3.05, 3.63) is 45.1 Å². The Hall–Kier alpha value is -1.92. The normalized spacial score (nSPS) is 18.9. The predicted molar refractivity (Wildman–Crippen MR) is 89.9 cm³/mol. The van der Waals surface area contributed by atoms with Gasteiger partial charge in [0.15, 0.2) is 0 Å². The highest BCUT2D eigenvalue weighted by atomic mass is 16.5. The van der Waals surface area contributed by atoms with Crippen LogP contribution in [0, 0.1) is 0 Å². The van der Waals surface area contributed by atoms with E-state index in [1.54, 1.807) is 12.1 Å². The van der Waals surface area contributed by atoms with Crippen LogP contribution in [0.2, 0.25) is 0 Å². The largest absolute Gasteiger partial charge is 0.379 e. The van der Waals surface area contributed by atoms with E-state index in [2.05, 4.69) is 23.7 Å². The molecule has 6 heteroatoms. The summed E-state index contributed by atoms with van der Waals surface area (Å²) < 4.78 is 6.75. The number of nitrogens with zero attached hydrogens (tertiary/aromatic N) is 2. The van der Waals surface area contributed by atoms with E-state index >= 15 is 0 Å². The molecule has 2 aromatic rings. The van der Waals surface area contributed by atoms with Crippen molar-refractivity contribution < 1.29 is 4.74 Å². The molecule has 1 aromatic carbocycles. The van der Waals surface area contributed by atoms with Crippen LogP contribution in [0.1, 0.15) is 20.3 Å². The predicted octanol–water partition coefficient (Wildman–Crippen LogP) is 1.19. The van der Waals surface area contributed by atoms with Crippen molar-refractivity contribution in [2.75, 3.05) is 26.3 Å². The highest BCUT2D eigenvalue weighted by Crippen LogP contribution is 2.22. The van der Waals surface area contributed by atoms with Crippen molar-refractivity contribution in [3.8, 4) is 0 Å². The quantitative estimate of drug-likeness (QED) is 0.920. The number of H-pyrrole nitrogens is 1. The third kappa shape index (κ3) is 2.96. The summed E-state index contributed by atoms with van der Waals surface area (Å²) in [6.45, 7) is 7.61. The number of morpholine rings is 1. The molecule has 0 bridgehead atoms. The lowest BCUT2D eigenvalue weighted by atomic mass is 9.95. The zero-order chi connectivity index (χ0) is 16.4. The van der Waals surface area contributed by atoms with Crippen LogP contribution >= 0.6 is 0 Å². The summed E-state index contributed by atoms with van der Waals surface area (Å²) in [6.07, 6.45) is 0.853. The maximum absolute atomic E-state index is 12.7. The minimum atomic E-state index is -0.346. The van der Waals surface area contributed by atoms with Crippen LogP contribution in [0.4, 0.5) is 0 Å². The third-order valence-electron chi connectivity index (χ3n) is 4.92. The molecule has 1 aliphatic rings. The van der Waals surface area contributed by atoms with E-state index in [1.807, 2.05) is 12.1 Å². The molecule has 0 aliphatic carbocycles. The first-order chi connectivity index (χ1) is 11.0. The second-order valence-corrected chi connectivity index (χ2v) is 6.32. The molecule has 6 nitrogen and oxygen atoms in total. The first-order valence-corrected chi connectivity index (χ1v) is 8.10. The van der Waals surface area contributed by atoms with Crippen LogP contribution in [0.5, 0.6) is 0 Å². The number of aromatic nitrogens is 2. The van der Waals surface area contributed by atoms with E-state index in [-0.39, 0.29) is 16.8 Å². The van der Waals surface area contributed by atoms with Gasteiger partial charge in [0.1, 0.15) is 0 Å². The molecule has 1 atom stereocenters. The van der Waals surface area contributed by atoms with Gasteiger partial charge in [-0.25, -0.2) is 4.79 Å². The standard InChI is InChI=1S/C17H23N3O3/c1-3-17(2,19-8-10-23-11-9-19)12-20-15(21)13-6-4-5-7-14(13)18-16(20)22/h4-7H,3,8-12H2,1-2H3,(H,18,22)/t17-/m1/s1. The smallest absolute Gasteiger partial charge is 0.328 e. The SMILES string of the molecule is CC[C@](C)(Cn1c(=O)[nH]c2ccccc2c1=O)N1CCOCC1. The molecule has 0 unspecified atom stereocenters. The fourth-order valence-electron chi connectivity index (χ4n) is 3.22.